The van der Waals surface area contributed by atoms with Gasteiger partial charge in [0.15, 0.2) is 0 Å². The minimum absolute atomic E-state index is 0.102. The molecule has 2 aromatic rings. The summed E-state index contributed by atoms with van der Waals surface area (Å²) >= 11 is 4.44. The maximum atomic E-state index is 4.44. The summed E-state index contributed by atoms with van der Waals surface area (Å²) in [5, 5.41) is 0. The zero-order valence-electron chi connectivity index (χ0n) is 9.49. The Morgan fingerprint density at radius 3 is 2.38 bits per heavy atom. The molecule has 1 heteroatoms. The minimum atomic E-state index is 0.102. The molecule has 2 aromatic carbocycles. The highest BCUT2D eigenvalue weighted by Gasteiger charge is 2.34. The molecule has 0 radical (unpaired) electrons. The van der Waals surface area contributed by atoms with E-state index in [-0.39, 0.29) is 5.41 Å². The molecule has 1 aliphatic rings. The molecule has 80 valence electrons. The van der Waals surface area contributed by atoms with Crippen LogP contribution in [-0.2, 0) is 5.41 Å². The molecule has 1 aliphatic carbocycles. The fourth-order valence-electron chi connectivity index (χ4n) is 2.69. The van der Waals surface area contributed by atoms with Gasteiger partial charge in [0, 0.05) is 10.3 Å². The van der Waals surface area contributed by atoms with E-state index in [2.05, 4.69) is 68.9 Å². The summed E-state index contributed by atoms with van der Waals surface area (Å²) in [6.45, 7) is 4.57. The minimum Gasteiger partial charge on any atom is -0.143 e. The lowest BCUT2D eigenvalue weighted by atomic mass is 9.82. The van der Waals surface area contributed by atoms with Crippen molar-refractivity contribution in [2.24, 2.45) is 0 Å². The third kappa shape index (κ3) is 1.18. The van der Waals surface area contributed by atoms with Crippen LogP contribution in [0.2, 0.25) is 0 Å². The predicted octanol–water partition coefficient (Wildman–Crippen LogP) is 4.28. The van der Waals surface area contributed by atoms with Gasteiger partial charge in [-0.15, -0.1) is 12.6 Å². The second-order valence-electron chi connectivity index (χ2n) is 4.90. The highest BCUT2D eigenvalue weighted by atomic mass is 32.1. The molecule has 0 N–H and O–H groups in total. The van der Waals surface area contributed by atoms with Crippen LogP contribution in [0.1, 0.15) is 25.0 Å². The Morgan fingerprint density at radius 2 is 1.56 bits per heavy atom. The first-order chi connectivity index (χ1) is 7.60. The van der Waals surface area contributed by atoms with Crippen LogP contribution in [0.3, 0.4) is 0 Å². The Kier molecular flexibility index (Phi) is 1.96. The van der Waals surface area contributed by atoms with E-state index in [4.69, 9.17) is 0 Å². The van der Waals surface area contributed by atoms with E-state index in [9.17, 15) is 0 Å². The summed E-state index contributed by atoms with van der Waals surface area (Å²) in [4.78, 5) is 1.04. The van der Waals surface area contributed by atoms with Crippen molar-refractivity contribution in [1.82, 2.24) is 0 Å². The van der Waals surface area contributed by atoms with Gasteiger partial charge >= 0.3 is 0 Å². The molecule has 16 heavy (non-hydrogen) atoms. The quantitative estimate of drug-likeness (QED) is 0.637. The number of fused-ring (bicyclic) bond motifs is 3. The third-order valence-electron chi connectivity index (χ3n) is 3.57. The molecule has 0 aromatic heterocycles. The van der Waals surface area contributed by atoms with Crippen molar-refractivity contribution in [2.45, 2.75) is 24.2 Å². The summed E-state index contributed by atoms with van der Waals surface area (Å²) in [6.07, 6.45) is 0. The lowest BCUT2D eigenvalue weighted by Crippen LogP contribution is -2.14. The van der Waals surface area contributed by atoms with Gasteiger partial charge in [-0.1, -0.05) is 44.2 Å². The first-order valence-corrected chi connectivity index (χ1v) is 5.99. The fraction of sp³-hybridized carbons (Fsp3) is 0.200. The van der Waals surface area contributed by atoms with Crippen LogP contribution in [0.5, 0.6) is 0 Å². The first-order valence-electron chi connectivity index (χ1n) is 5.54. The normalized spacial score (nSPS) is 15.7. The molecule has 0 unspecified atom stereocenters. The third-order valence-corrected chi connectivity index (χ3v) is 3.85. The van der Waals surface area contributed by atoms with E-state index in [1.807, 2.05) is 0 Å². The number of rotatable bonds is 0. The molecule has 0 saturated heterocycles. The molecule has 0 saturated carbocycles. The summed E-state index contributed by atoms with van der Waals surface area (Å²) in [5.41, 5.74) is 5.64. The maximum Gasteiger partial charge on any atom is 0.0159 e. The highest BCUT2D eigenvalue weighted by molar-refractivity contribution is 7.80. The van der Waals surface area contributed by atoms with Gasteiger partial charge in [0.2, 0.25) is 0 Å². The average Bonchev–Trinajstić information content (AvgIpc) is 2.49. The zero-order chi connectivity index (χ0) is 11.3. The molecule has 0 heterocycles. The van der Waals surface area contributed by atoms with Crippen molar-refractivity contribution >= 4 is 12.6 Å². The van der Waals surface area contributed by atoms with Crippen molar-refractivity contribution in [3.63, 3.8) is 0 Å². The van der Waals surface area contributed by atoms with Gasteiger partial charge in [0.25, 0.3) is 0 Å². The van der Waals surface area contributed by atoms with Gasteiger partial charge in [-0.3, -0.25) is 0 Å². The Hall–Kier alpha value is -1.21. The molecular formula is C15H14S. The van der Waals surface area contributed by atoms with Crippen molar-refractivity contribution in [3.8, 4) is 11.1 Å². The van der Waals surface area contributed by atoms with Crippen LogP contribution in [-0.4, -0.2) is 0 Å². The van der Waals surface area contributed by atoms with Gasteiger partial charge in [0.1, 0.15) is 0 Å². The number of hydrogen-bond acceptors (Lipinski definition) is 1. The Bertz CT molecular complexity index is 567. The summed E-state index contributed by atoms with van der Waals surface area (Å²) in [7, 11) is 0. The maximum absolute atomic E-state index is 4.44. The predicted molar refractivity (Wildman–Crippen MR) is 71.3 cm³/mol. The lowest BCUT2D eigenvalue weighted by molar-refractivity contribution is 0.658. The standard InChI is InChI=1S/C15H14S/c1-15(2)13-6-4-3-5-11(13)12-8-7-10(16)9-14(12)15/h3-9,16H,1-2H3. The molecule has 0 atom stereocenters. The van der Waals surface area contributed by atoms with Crippen LogP contribution >= 0.6 is 12.6 Å². The van der Waals surface area contributed by atoms with E-state index in [0.29, 0.717) is 0 Å². The van der Waals surface area contributed by atoms with Crippen LogP contribution < -0.4 is 0 Å². The Balaban J connectivity index is 2.39. The summed E-state index contributed by atoms with van der Waals surface area (Å²) < 4.78 is 0. The lowest BCUT2D eigenvalue weighted by Gasteiger charge is -2.21. The average molecular weight is 226 g/mol. The molecular weight excluding hydrogens is 212 g/mol. The SMILES string of the molecule is CC1(C)c2ccccc2-c2ccc(S)cc21. The van der Waals surface area contributed by atoms with E-state index >= 15 is 0 Å². The molecule has 0 fully saturated rings. The van der Waals surface area contributed by atoms with Crippen molar-refractivity contribution < 1.29 is 0 Å². The van der Waals surface area contributed by atoms with Gasteiger partial charge in [-0.25, -0.2) is 0 Å². The molecule has 0 amide bonds. The van der Waals surface area contributed by atoms with Crippen LogP contribution in [0.15, 0.2) is 47.4 Å². The number of benzene rings is 2. The monoisotopic (exact) mass is 226 g/mol. The van der Waals surface area contributed by atoms with Crippen molar-refractivity contribution in [1.29, 1.82) is 0 Å². The van der Waals surface area contributed by atoms with Crippen molar-refractivity contribution in [3.05, 3.63) is 53.6 Å². The highest BCUT2D eigenvalue weighted by Crippen LogP contribution is 2.48. The number of hydrogen-bond donors (Lipinski definition) is 1. The first kappa shape index (κ1) is 9.98. The van der Waals surface area contributed by atoms with E-state index in [0.717, 1.165) is 4.90 Å². The van der Waals surface area contributed by atoms with Crippen LogP contribution in [0, 0.1) is 0 Å². The van der Waals surface area contributed by atoms with Gasteiger partial charge in [-0.2, -0.15) is 0 Å². The Morgan fingerprint density at radius 1 is 0.875 bits per heavy atom. The zero-order valence-corrected chi connectivity index (χ0v) is 10.4. The second-order valence-corrected chi connectivity index (χ2v) is 5.42. The molecule has 3 rings (SSSR count). The number of thiol groups is 1. The van der Waals surface area contributed by atoms with Gasteiger partial charge < -0.3 is 0 Å². The fourth-order valence-corrected chi connectivity index (χ4v) is 2.90. The van der Waals surface area contributed by atoms with Gasteiger partial charge in [0.05, 0.1) is 0 Å². The van der Waals surface area contributed by atoms with Crippen molar-refractivity contribution in [2.75, 3.05) is 0 Å². The molecule has 0 bridgehead atoms. The summed E-state index contributed by atoms with van der Waals surface area (Å²) in [6, 6.07) is 15.1. The van der Waals surface area contributed by atoms with Gasteiger partial charge in [-0.05, 0) is 34.4 Å². The van der Waals surface area contributed by atoms with E-state index in [1.54, 1.807) is 0 Å². The molecule has 0 aliphatic heterocycles. The van der Waals surface area contributed by atoms with E-state index < -0.39 is 0 Å². The van der Waals surface area contributed by atoms with E-state index in [1.165, 1.54) is 22.3 Å². The second kappa shape index (κ2) is 3.14. The smallest absolute Gasteiger partial charge is 0.0159 e. The van der Waals surface area contributed by atoms with Crippen LogP contribution in [0.4, 0.5) is 0 Å². The van der Waals surface area contributed by atoms with Crippen LogP contribution in [0.25, 0.3) is 11.1 Å². The molecule has 0 nitrogen and oxygen atoms in total. The topological polar surface area (TPSA) is 0 Å². The largest absolute Gasteiger partial charge is 0.143 e. The molecule has 0 spiro atoms. The Labute approximate surface area is 102 Å². The summed E-state index contributed by atoms with van der Waals surface area (Å²) in [5.74, 6) is 0.